The Kier molecular flexibility index (Phi) is 4.66. The summed E-state index contributed by atoms with van der Waals surface area (Å²) in [5.74, 6) is 2.91. The molecule has 1 N–H and O–H groups in total. The number of ether oxygens (including phenoxy) is 3. The Balaban J connectivity index is 1.67. The van der Waals surface area contributed by atoms with Crippen molar-refractivity contribution in [2.24, 2.45) is 11.8 Å². The van der Waals surface area contributed by atoms with Gasteiger partial charge in [0.15, 0.2) is 11.5 Å². The molecule has 2 aliphatic rings. The summed E-state index contributed by atoms with van der Waals surface area (Å²) in [6, 6.07) is 6.20. The molecule has 1 aromatic carbocycles. The first-order chi connectivity index (χ1) is 10.2. The lowest BCUT2D eigenvalue weighted by molar-refractivity contribution is 0.0895. The molecule has 116 valence electrons. The Hall–Kier alpha value is -1.26. The molecular weight excluding hydrogens is 266 g/mol. The van der Waals surface area contributed by atoms with E-state index in [-0.39, 0.29) is 6.10 Å². The van der Waals surface area contributed by atoms with E-state index in [9.17, 15) is 0 Å². The van der Waals surface area contributed by atoms with Crippen molar-refractivity contribution in [2.75, 3.05) is 32.9 Å². The third-order valence-electron chi connectivity index (χ3n) is 4.07. The van der Waals surface area contributed by atoms with Crippen LogP contribution in [0, 0.1) is 11.8 Å². The number of nitrogens with one attached hydrogen (secondary N) is 1. The second-order valence-corrected chi connectivity index (χ2v) is 6.30. The van der Waals surface area contributed by atoms with Crippen LogP contribution in [0.4, 0.5) is 0 Å². The predicted molar refractivity (Wildman–Crippen MR) is 81.9 cm³/mol. The van der Waals surface area contributed by atoms with Gasteiger partial charge < -0.3 is 19.5 Å². The molecule has 3 rings (SSSR count). The van der Waals surface area contributed by atoms with Crippen molar-refractivity contribution < 1.29 is 14.2 Å². The number of fused-ring (bicyclic) bond motifs is 1. The fraction of sp³-hybridized carbons (Fsp3) is 0.647. The van der Waals surface area contributed by atoms with Gasteiger partial charge >= 0.3 is 0 Å². The van der Waals surface area contributed by atoms with Gasteiger partial charge in [-0.2, -0.15) is 0 Å². The fourth-order valence-electron chi connectivity index (χ4n) is 3.01. The quantitative estimate of drug-likeness (QED) is 0.905. The topological polar surface area (TPSA) is 39.7 Å². The summed E-state index contributed by atoms with van der Waals surface area (Å²) in [7, 11) is 0. The fourth-order valence-corrected chi connectivity index (χ4v) is 3.01. The molecular formula is C17H25NO3. The second kappa shape index (κ2) is 6.67. The minimum absolute atomic E-state index is 0.167. The highest BCUT2D eigenvalue weighted by Crippen LogP contribution is 2.39. The summed E-state index contributed by atoms with van der Waals surface area (Å²) in [5.41, 5.74) is 1.20. The molecule has 21 heavy (non-hydrogen) atoms. The van der Waals surface area contributed by atoms with Crippen LogP contribution >= 0.6 is 0 Å². The molecule has 0 aromatic heterocycles. The molecule has 1 aromatic rings. The lowest BCUT2D eigenvalue weighted by Crippen LogP contribution is -2.28. The van der Waals surface area contributed by atoms with Crippen LogP contribution in [-0.4, -0.2) is 32.9 Å². The highest BCUT2D eigenvalue weighted by atomic mass is 16.6. The molecule has 1 saturated heterocycles. The van der Waals surface area contributed by atoms with Crippen molar-refractivity contribution in [1.29, 1.82) is 0 Å². The Morgan fingerprint density at radius 2 is 1.95 bits per heavy atom. The molecule has 2 aliphatic heterocycles. The molecule has 0 radical (unpaired) electrons. The zero-order chi connectivity index (χ0) is 14.7. The van der Waals surface area contributed by atoms with Gasteiger partial charge in [0.05, 0.1) is 6.10 Å². The molecule has 0 amide bonds. The van der Waals surface area contributed by atoms with Gasteiger partial charge in [0.1, 0.15) is 13.2 Å². The molecule has 0 spiro atoms. The first-order valence-electron chi connectivity index (χ1n) is 7.96. The van der Waals surface area contributed by atoms with Crippen LogP contribution in [0.15, 0.2) is 18.2 Å². The predicted octanol–water partition coefficient (Wildman–Crippen LogP) is 2.78. The van der Waals surface area contributed by atoms with E-state index in [1.54, 1.807) is 0 Å². The molecule has 0 saturated carbocycles. The SMILES string of the molecule is CC(C)CNCC1CCOC1c1ccc2c(c1)OCCO2. The average molecular weight is 291 g/mol. The first-order valence-corrected chi connectivity index (χ1v) is 7.96. The number of rotatable bonds is 5. The Morgan fingerprint density at radius 3 is 2.76 bits per heavy atom. The van der Waals surface area contributed by atoms with Crippen molar-refractivity contribution >= 4 is 0 Å². The molecule has 4 heteroatoms. The summed E-state index contributed by atoms with van der Waals surface area (Å²) in [5, 5.41) is 3.55. The van der Waals surface area contributed by atoms with Crippen molar-refractivity contribution in [3.05, 3.63) is 23.8 Å². The largest absolute Gasteiger partial charge is 0.486 e. The van der Waals surface area contributed by atoms with E-state index < -0.39 is 0 Å². The van der Waals surface area contributed by atoms with E-state index in [0.717, 1.165) is 37.6 Å². The Labute approximate surface area is 126 Å². The van der Waals surface area contributed by atoms with Crippen LogP contribution in [0.25, 0.3) is 0 Å². The summed E-state index contributed by atoms with van der Waals surface area (Å²) < 4.78 is 17.2. The van der Waals surface area contributed by atoms with Crippen molar-refractivity contribution in [1.82, 2.24) is 5.32 Å². The molecule has 2 unspecified atom stereocenters. The monoisotopic (exact) mass is 291 g/mol. The van der Waals surface area contributed by atoms with E-state index in [1.165, 1.54) is 5.56 Å². The zero-order valence-electron chi connectivity index (χ0n) is 12.9. The zero-order valence-corrected chi connectivity index (χ0v) is 12.9. The van der Waals surface area contributed by atoms with Crippen LogP contribution in [0.1, 0.15) is 31.9 Å². The summed E-state index contributed by atoms with van der Waals surface area (Å²) >= 11 is 0. The minimum Gasteiger partial charge on any atom is -0.486 e. The van der Waals surface area contributed by atoms with Crippen LogP contribution in [-0.2, 0) is 4.74 Å². The number of hydrogen-bond acceptors (Lipinski definition) is 4. The van der Waals surface area contributed by atoms with Crippen LogP contribution < -0.4 is 14.8 Å². The van der Waals surface area contributed by atoms with Gasteiger partial charge in [0.25, 0.3) is 0 Å². The third kappa shape index (κ3) is 3.50. The maximum absolute atomic E-state index is 5.96. The highest BCUT2D eigenvalue weighted by Gasteiger charge is 2.30. The van der Waals surface area contributed by atoms with E-state index in [0.29, 0.717) is 25.0 Å². The molecule has 0 bridgehead atoms. The van der Waals surface area contributed by atoms with Gasteiger partial charge in [0, 0.05) is 19.1 Å². The van der Waals surface area contributed by atoms with E-state index >= 15 is 0 Å². The molecule has 4 nitrogen and oxygen atoms in total. The number of hydrogen-bond donors (Lipinski definition) is 1. The van der Waals surface area contributed by atoms with Crippen molar-refractivity contribution in [3.63, 3.8) is 0 Å². The van der Waals surface area contributed by atoms with Gasteiger partial charge in [-0.3, -0.25) is 0 Å². The van der Waals surface area contributed by atoms with E-state index in [1.807, 2.05) is 6.07 Å². The van der Waals surface area contributed by atoms with Crippen LogP contribution in [0.3, 0.4) is 0 Å². The lowest BCUT2D eigenvalue weighted by Gasteiger charge is -2.23. The smallest absolute Gasteiger partial charge is 0.161 e. The lowest BCUT2D eigenvalue weighted by atomic mass is 9.94. The number of benzene rings is 1. The van der Waals surface area contributed by atoms with Crippen molar-refractivity contribution in [3.8, 4) is 11.5 Å². The van der Waals surface area contributed by atoms with Gasteiger partial charge in [-0.1, -0.05) is 19.9 Å². The van der Waals surface area contributed by atoms with Crippen molar-refractivity contribution in [2.45, 2.75) is 26.4 Å². The highest BCUT2D eigenvalue weighted by molar-refractivity contribution is 5.44. The van der Waals surface area contributed by atoms with E-state index in [4.69, 9.17) is 14.2 Å². The molecule has 2 heterocycles. The molecule has 0 aliphatic carbocycles. The third-order valence-corrected chi connectivity index (χ3v) is 4.07. The maximum Gasteiger partial charge on any atom is 0.161 e. The van der Waals surface area contributed by atoms with Crippen LogP contribution in [0.2, 0.25) is 0 Å². The van der Waals surface area contributed by atoms with Gasteiger partial charge in [-0.05, 0) is 36.6 Å². The maximum atomic E-state index is 5.96. The first kappa shape index (κ1) is 14.7. The normalized spacial score (nSPS) is 24.5. The minimum atomic E-state index is 0.167. The van der Waals surface area contributed by atoms with E-state index in [2.05, 4.69) is 31.3 Å². The molecule has 1 fully saturated rings. The second-order valence-electron chi connectivity index (χ2n) is 6.30. The van der Waals surface area contributed by atoms with Gasteiger partial charge in [-0.25, -0.2) is 0 Å². The summed E-state index contributed by atoms with van der Waals surface area (Å²) in [4.78, 5) is 0. The van der Waals surface area contributed by atoms with Crippen LogP contribution in [0.5, 0.6) is 11.5 Å². The van der Waals surface area contributed by atoms with Gasteiger partial charge in [-0.15, -0.1) is 0 Å². The Bertz CT molecular complexity index is 475. The summed E-state index contributed by atoms with van der Waals surface area (Å²) in [6.07, 6.45) is 1.28. The Morgan fingerprint density at radius 1 is 1.14 bits per heavy atom. The standard InChI is InChI=1S/C17H25NO3/c1-12(2)10-18-11-14-5-6-21-17(14)13-3-4-15-16(9-13)20-8-7-19-15/h3-4,9,12,14,17-18H,5-8,10-11H2,1-2H3. The molecule has 2 atom stereocenters. The van der Waals surface area contributed by atoms with Gasteiger partial charge in [0.2, 0.25) is 0 Å². The average Bonchev–Trinajstić information content (AvgIpc) is 2.95. The summed E-state index contributed by atoms with van der Waals surface area (Å²) in [6.45, 7) is 8.64.